The summed E-state index contributed by atoms with van der Waals surface area (Å²) >= 11 is 0. The van der Waals surface area contributed by atoms with Crippen LogP contribution in [-0.4, -0.2) is 87.2 Å². The van der Waals surface area contributed by atoms with Crippen molar-refractivity contribution in [2.24, 2.45) is 5.41 Å². The average Bonchev–Trinajstić information content (AvgIpc) is 3.37. The Hall–Kier alpha value is -3.22. The van der Waals surface area contributed by atoms with Crippen molar-refractivity contribution in [3.63, 3.8) is 0 Å². The minimum absolute atomic E-state index is 0.137. The second kappa shape index (κ2) is 52.6. The van der Waals surface area contributed by atoms with Crippen LogP contribution in [-0.2, 0) is 57.2 Å². The molecule has 0 aromatic heterocycles. The van der Waals surface area contributed by atoms with E-state index in [1.54, 1.807) is 0 Å². The summed E-state index contributed by atoms with van der Waals surface area (Å²) in [5.41, 5.74) is -1.35. The van der Waals surface area contributed by atoms with E-state index >= 15 is 0 Å². The van der Waals surface area contributed by atoms with Crippen LogP contribution in [0.25, 0.3) is 0 Å². The molecule has 0 saturated heterocycles. The number of esters is 6. The van der Waals surface area contributed by atoms with Crippen LogP contribution in [0.5, 0.6) is 0 Å². The highest BCUT2D eigenvalue weighted by molar-refractivity contribution is 5.71. The monoisotopic (exact) mass is 1020 g/mol. The lowest BCUT2D eigenvalue weighted by atomic mass is 9.92. The number of hydrogen-bond donors (Lipinski definition) is 1. The Bertz CT molecular complexity index is 1150. The second-order valence-corrected chi connectivity index (χ2v) is 20.5. The van der Waals surface area contributed by atoms with Crippen molar-refractivity contribution in [1.82, 2.24) is 0 Å². The standard InChI is InChI=1S/C59H108O13/c1-4-7-10-13-16-19-28-37-46-67-53(61)40-31-22-25-34-43-56(64)70-50-59(49-60,51-71-57(65)44-35-26-23-32-41-54(62)68-47-38-29-20-17-14-11-8-5-2)52-72-58(66)45-36-27-24-33-42-55(63)69-48-39-30-21-18-15-12-9-6-3/h60H,4-52H2,1-3H3. The third kappa shape index (κ3) is 47.8. The van der Waals surface area contributed by atoms with Gasteiger partial charge in [-0.15, -0.1) is 0 Å². The van der Waals surface area contributed by atoms with E-state index in [0.29, 0.717) is 77.6 Å². The van der Waals surface area contributed by atoms with Crippen molar-refractivity contribution in [3.8, 4) is 0 Å². The predicted octanol–water partition coefficient (Wildman–Crippen LogP) is 14.7. The van der Waals surface area contributed by atoms with Gasteiger partial charge in [-0.25, -0.2) is 0 Å². The highest BCUT2D eigenvalue weighted by Gasteiger charge is 2.35. The van der Waals surface area contributed by atoms with E-state index < -0.39 is 29.9 Å². The predicted molar refractivity (Wildman–Crippen MR) is 286 cm³/mol. The van der Waals surface area contributed by atoms with Crippen LogP contribution < -0.4 is 0 Å². The Balaban J connectivity index is 4.71. The molecule has 422 valence electrons. The molecule has 0 radical (unpaired) electrons. The molecular formula is C59H108O13. The lowest BCUT2D eigenvalue weighted by Crippen LogP contribution is -2.42. The van der Waals surface area contributed by atoms with E-state index in [9.17, 15) is 33.9 Å². The van der Waals surface area contributed by atoms with Gasteiger partial charge in [-0.3, -0.25) is 28.8 Å². The van der Waals surface area contributed by atoms with Gasteiger partial charge in [-0.05, 0) is 57.8 Å². The van der Waals surface area contributed by atoms with Crippen molar-refractivity contribution < 1.29 is 62.3 Å². The Morgan fingerprint density at radius 1 is 0.264 bits per heavy atom. The highest BCUT2D eigenvalue weighted by atomic mass is 16.6. The fraction of sp³-hybridized carbons (Fsp3) is 0.898. The normalized spacial score (nSPS) is 11.3. The summed E-state index contributed by atoms with van der Waals surface area (Å²) in [7, 11) is 0. The van der Waals surface area contributed by atoms with Crippen molar-refractivity contribution in [1.29, 1.82) is 0 Å². The molecule has 0 fully saturated rings. The Morgan fingerprint density at radius 3 is 0.653 bits per heavy atom. The number of carbonyl (C=O) groups excluding carboxylic acids is 6. The van der Waals surface area contributed by atoms with Gasteiger partial charge in [0.2, 0.25) is 0 Å². The first-order valence-electron chi connectivity index (χ1n) is 29.7. The summed E-state index contributed by atoms with van der Waals surface area (Å²) in [6.45, 7) is 6.56. The molecule has 0 saturated carbocycles. The zero-order valence-corrected chi connectivity index (χ0v) is 46.5. The number of unbranched alkanes of at least 4 members (excludes halogenated alkanes) is 30. The van der Waals surface area contributed by atoms with Crippen LogP contribution in [0.1, 0.15) is 290 Å². The number of aliphatic hydroxyl groups excluding tert-OH is 1. The van der Waals surface area contributed by atoms with Gasteiger partial charge >= 0.3 is 35.8 Å². The van der Waals surface area contributed by atoms with E-state index in [1.807, 2.05) is 0 Å². The first-order valence-corrected chi connectivity index (χ1v) is 29.7. The van der Waals surface area contributed by atoms with Crippen LogP contribution >= 0.6 is 0 Å². The van der Waals surface area contributed by atoms with Crippen molar-refractivity contribution in [3.05, 3.63) is 0 Å². The molecule has 0 aromatic carbocycles. The van der Waals surface area contributed by atoms with E-state index in [0.717, 1.165) is 77.0 Å². The summed E-state index contributed by atoms with van der Waals surface area (Å²) in [4.78, 5) is 74.9. The maximum atomic E-state index is 12.8. The van der Waals surface area contributed by atoms with Gasteiger partial charge in [0.1, 0.15) is 19.8 Å². The maximum absolute atomic E-state index is 12.8. The smallest absolute Gasteiger partial charge is 0.305 e. The van der Waals surface area contributed by atoms with Crippen LogP contribution in [0.15, 0.2) is 0 Å². The van der Waals surface area contributed by atoms with E-state index in [2.05, 4.69) is 20.8 Å². The van der Waals surface area contributed by atoms with Crippen LogP contribution in [0.2, 0.25) is 0 Å². The third-order valence-electron chi connectivity index (χ3n) is 13.3. The summed E-state index contributed by atoms with van der Waals surface area (Å²) in [5.74, 6) is -2.00. The molecule has 0 rings (SSSR count). The second-order valence-electron chi connectivity index (χ2n) is 20.5. The summed E-state index contributed by atoms with van der Waals surface area (Å²) < 4.78 is 32.9. The number of rotatable bonds is 55. The van der Waals surface area contributed by atoms with Gasteiger partial charge in [-0.1, -0.05) is 194 Å². The molecule has 72 heavy (non-hydrogen) atoms. The minimum Gasteiger partial charge on any atom is -0.466 e. The number of ether oxygens (including phenoxy) is 6. The third-order valence-corrected chi connectivity index (χ3v) is 13.3. The fourth-order valence-corrected chi connectivity index (χ4v) is 8.34. The molecule has 0 unspecified atom stereocenters. The highest BCUT2D eigenvalue weighted by Crippen LogP contribution is 2.22. The first kappa shape index (κ1) is 68.8. The Labute approximate surface area is 438 Å². The quantitative estimate of drug-likeness (QED) is 0.0346. The van der Waals surface area contributed by atoms with Crippen molar-refractivity contribution in [2.75, 3.05) is 46.2 Å². The maximum Gasteiger partial charge on any atom is 0.305 e. The van der Waals surface area contributed by atoms with Gasteiger partial charge in [0.25, 0.3) is 0 Å². The average molecular weight is 1030 g/mol. The van der Waals surface area contributed by atoms with Gasteiger partial charge in [0, 0.05) is 38.5 Å². The summed E-state index contributed by atoms with van der Waals surface area (Å²) in [5, 5.41) is 10.6. The number of hydrogen-bond acceptors (Lipinski definition) is 13. The molecule has 0 amide bonds. The van der Waals surface area contributed by atoms with Crippen LogP contribution in [0.4, 0.5) is 0 Å². The molecule has 13 nitrogen and oxygen atoms in total. The lowest BCUT2D eigenvalue weighted by molar-refractivity contribution is -0.165. The van der Waals surface area contributed by atoms with Crippen LogP contribution in [0.3, 0.4) is 0 Å². The molecule has 0 aromatic rings. The molecule has 0 bridgehead atoms. The van der Waals surface area contributed by atoms with Crippen LogP contribution in [0, 0.1) is 5.41 Å². The zero-order valence-electron chi connectivity index (χ0n) is 46.5. The van der Waals surface area contributed by atoms with Gasteiger partial charge in [0.05, 0.1) is 31.8 Å². The minimum atomic E-state index is -1.35. The number of carbonyl (C=O) groups is 6. The largest absolute Gasteiger partial charge is 0.466 e. The summed E-state index contributed by atoms with van der Waals surface area (Å²) in [6.07, 6.45) is 38.2. The van der Waals surface area contributed by atoms with Crippen molar-refractivity contribution in [2.45, 2.75) is 290 Å². The summed E-state index contributed by atoms with van der Waals surface area (Å²) in [6, 6.07) is 0. The Morgan fingerprint density at radius 2 is 0.444 bits per heavy atom. The molecule has 0 aliphatic heterocycles. The van der Waals surface area contributed by atoms with E-state index in [-0.39, 0.29) is 57.0 Å². The molecule has 0 heterocycles. The first-order chi connectivity index (χ1) is 35.1. The van der Waals surface area contributed by atoms with Gasteiger partial charge in [0.15, 0.2) is 0 Å². The molecule has 0 atom stereocenters. The molecular weight excluding hydrogens is 917 g/mol. The fourth-order valence-electron chi connectivity index (χ4n) is 8.34. The van der Waals surface area contributed by atoms with Crippen molar-refractivity contribution >= 4 is 35.8 Å². The van der Waals surface area contributed by atoms with Gasteiger partial charge in [-0.2, -0.15) is 0 Å². The zero-order chi connectivity index (χ0) is 52.9. The molecule has 0 spiro atoms. The number of aliphatic hydroxyl groups is 1. The molecule has 13 heteroatoms. The SMILES string of the molecule is CCCCCCCCCCOC(=O)CCCCCCC(=O)OCC(CO)(COC(=O)CCCCCCC(=O)OCCCCCCCCCC)COC(=O)CCCCCCC(=O)OCCCCCCCCCC. The Kier molecular flexibility index (Phi) is 50.3. The van der Waals surface area contributed by atoms with Gasteiger partial charge < -0.3 is 33.5 Å². The molecule has 0 aliphatic rings. The lowest BCUT2D eigenvalue weighted by Gasteiger charge is -2.30. The van der Waals surface area contributed by atoms with E-state index in [4.69, 9.17) is 28.4 Å². The molecule has 1 N–H and O–H groups in total. The topological polar surface area (TPSA) is 178 Å². The molecule has 0 aliphatic carbocycles. The van der Waals surface area contributed by atoms with E-state index in [1.165, 1.54) is 116 Å².